The van der Waals surface area contributed by atoms with Crippen molar-refractivity contribution in [3.05, 3.63) is 222 Å². The Morgan fingerprint density at radius 3 is 1.27 bits per heavy atom. The van der Waals surface area contributed by atoms with E-state index >= 15 is 0 Å². The molecule has 0 bridgehead atoms. The predicted molar refractivity (Wildman–Crippen MR) is 263 cm³/mol. The van der Waals surface area contributed by atoms with Gasteiger partial charge in [-0.2, -0.15) is 0 Å². The minimum atomic E-state index is -0.151. The standard InChI is InChI=1S/C59H55N3/c1-42-28-30-44(31-29-42)45-32-34-50(35-33-45)62(51-36-37-55-57(41-51)59(3,4)56-27-17-18-43(2)58(55)56)54-39-52(60(46-19-9-5-10-20-46)47-21-11-6-12-22-47)38-53(40-54)61(48-23-13-7-14-24-48)49-25-15-8-16-26-49/h5-27,32-42,44H,28-31H2,1-4H3. The molecule has 0 aliphatic heterocycles. The maximum absolute atomic E-state index is 2.49. The maximum atomic E-state index is 2.49. The lowest BCUT2D eigenvalue weighted by molar-refractivity contribution is 0.348. The van der Waals surface area contributed by atoms with Gasteiger partial charge in [0.2, 0.25) is 0 Å². The van der Waals surface area contributed by atoms with E-state index in [1.165, 1.54) is 59.1 Å². The van der Waals surface area contributed by atoms with E-state index in [4.69, 9.17) is 0 Å². The van der Waals surface area contributed by atoms with Gasteiger partial charge in [-0.3, -0.25) is 0 Å². The number of hydrogen-bond acceptors (Lipinski definition) is 3. The number of hydrogen-bond donors (Lipinski definition) is 0. The fourth-order valence-electron chi connectivity index (χ4n) is 10.2. The molecule has 0 aromatic heterocycles. The van der Waals surface area contributed by atoms with Gasteiger partial charge in [0.25, 0.3) is 0 Å². The van der Waals surface area contributed by atoms with Gasteiger partial charge in [-0.25, -0.2) is 0 Å². The molecule has 0 unspecified atom stereocenters. The van der Waals surface area contributed by atoms with Crippen LogP contribution in [-0.4, -0.2) is 0 Å². The highest BCUT2D eigenvalue weighted by Crippen LogP contribution is 2.53. The van der Waals surface area contributed by atoms with E-state index in [0.29, 0.717) is 5.92 Å². The van der Waals surface area contributed by atoms with Gasteiger partial charge < -0.3 is 14.7 Å². The molecule has 8 aromatic carbocycles. The van der Waals surface area contributed by atoms with E-state index in [9.17, 15) is 0 Å². The Hall–Kier alpha value is -6.84. The van der Waals surface area contributed by atoms with Gasteiger partial charge in [0, 0.05) is 39.5 Å². The molecule has 2 aliphatic rings. The highest BCUT2D eigenvalue weighted by molar-refractivity contribution is 5.91. The molecule has 2 aliphatic carbocycles. The van der Waals surface area contributed by atoms with E-state index < -0.39 is 0 Å². The third kappa shape index (κ3) is 7.36. The minimum Gasteiger partial charge on any atom is -0.310 e. The Balaban J connectivity index is 1.22. The van der Waals surface area contributed by atoms with Gasteiger partial charge in [-0.05, 0) is 156 Å². The average molecular weight is 806 g/mol. The monoisotopic (exact) mass is 805 g/mol. The van der Waals surface area contributed by atoms with Crippen LogP contribution in [0.25, 0.3) is 11.1 Å². The molecule has 1 fully saturated rings. The van der Waals surface area contributed by atoms with E-state index in [0.717, 1.165) is 57.1 Å². The van der Waals surface area contributed by atoms with Gasteiger partial charge in [-0.15, -0.1) is 0 Å². The zero-order valence-corrected chi connectivity index (χ0v) is 36.4. The van der Waals surface area contributed by atoms with E-state index in [2.05, 4.69) is 243 Å². The number of aryl methyl sites for hydroxylation is 1. The fraction of sp³-hybridized carbons (Fsp3) is 0.186. The maximum Gasteiger partial charge on any atom is 0.0503 e. The number of para-hydroxylation sites is 4. The number of nitrogens with zero attached hydrogens (tertiary/aromatic N) is 3. The SMILES string of the molecule is Cc1cccc2c1-c1ccc(N(c3ccc(C4CCC(C)CC4)cc3)c3cc(N(c4ccccc4)c4ccccc4)cc(N(c4ccccc4)c4ccccc4)c3)cc1C2(C)C. The van der Waals surface area contributed by atoms with Gasteiger partial charge >= 0.3 is 0 Å². The van der Waals surface area contributed by atoms with E-state index in [-0.39, 0.29) is 5.41 Å². The second-order valence-electron chi connectivity index (χ2n) is 18.0. The van der Waals surface area contributed by atoms with E-state index in [1.54, 1.807) is 0 Å². The first kappa shape index (κ1) is 39.3. The Bertz CT molecular complexity index is 2610. The van der Waals surface area contributed by atoms with Gasteiger partial charge in [0.05, 0.1) is 17.1 Å². The van der Waals surface area contributed by atoms with Crippen molar-refractivity contribution in [2.24, 2.45) is 5.92 Å². The first-order chi connectivity index (χ1) is 30.3. The van der Waals surface area contributed by atoms with Crippen molar-refractivity contribution in [2.75, 3.05) is 14.7 Å². The average Bonchev–Trinajstić information content (AvgIpc) is 3.54. The highest BCUT2D eigenvalue weighted by Gasteiger charge is 2.37. The highest BCUT2D eigenvalue weighted by atomic mass is 15.2. The molecule has 0 spiro atoms. The van der Waals surface area contributed by atoms with Crippen LogP contribution in [0.4, 0.5) is 51.2 Å². The molecule has 3 heteroatoms. The zero-order chi connectivity index (χ0) is 42.2. The molecule has 0 saturated heterocycles. The minimum absolute atomic E-state index is 0.151. The molecule has 306 valence electrons. The van der Waals surface area contributed by atoms with Crippen LogP contribution in [0.3, 0.4) is 0 Å². The number of fused-ring (bicyclic) bond motifs is 3. The van der Waals surface area contributed by atoms with Crippen LogP contribution in [-0.2, 0) is 5.41 Å². The summed E-state index contributed by atoms with van der Waals surface area (Å²) in [6.07, 6.45) is 5.14. The van der Waals surface area contributed by atoms with Gasteiger partial charge in [-0.1, -0.05) is 143 Å². The molecular weight excluding hydrogens is 751 g/mol. The Morgan fingerprint density at radius 1 is 0.387 bits per heavy atom. The van der Waals surface area contributed by atoms with Crippen molar-refractivity contribution in [2.45, 2.75) is 64.7 Å². The molecule has 0 radical (unpaired) electrons. The summed E-state index contributed by atoms with van der Waals surface area (Å²) in [4.78, 5) is 7.27. The lowest BCUT2D eigenvalue weighted by Gasteiger charge is -2.33. The van der Waals surface area contributed by atoms with Crippen molar-refractivity contribution in [3.63, 3.8) is 0 Å². The second-order valence-corrected chi connectivity index (χ2v) is 18.0. The smallest absolute Gasteiger partial charge is 0.0503 e. The van der Waals surface area contributed by atoms with Crippen LogP contribution < -0.4 is 14.7 Å². The summed E-state index contributed by atoms with van der Waals surface area (Å²) in [5.41, 5.74) is 18.0. The zero-order valence-electron chi connectivity index (χ0n) is 36.4. The van der Waals surface area contributed by atoms with Gasteiger partial charge in [0.1, 0.15) is 0 Å². The third-order valence-corrected chi connectivity index (χ3v) is 13.5. The molecule has 62 heavy (non-hydrogen) atoms. The van der Waals surface area contributed by atoms with Crippen LogP contribution in [0, 0.1) is 12.8 Å². The summed E-state index contributed by atoms with van der Waals surface area (Å²) >= 11 is 0. The Kier molecular flexibility index (Phi) is 10.5. The van der Waals surface area contributed by atoms with Crippen LogP contribution in [0.2, 0.25) is 0 Å². The van der Waals surface area contributed by atoms with Crippen molar-refractivity contribution in [1.29, 1.82) is 0 Å². The summed E-state index contributed by atoms with van der Waals surface area (Å²) in [5, 5.41) is 0. The van der Waals surface area contributed by atoms with Crippen LogP contribution in [0.1, 0.15) is 74.6 Å². The fourth-order valence-corrected chi connectivity index (χ4v) is 10.2. The molecule has 10 rings (SSSR count). The topological polar surface area (TPSA) is 9.72 Å². The quantitative estimate of drug-likeness (QED) is 0.136. The molecule has 0 amide bonds. The largest absolute Gasteiger partial charge is 0.310 e. The second kappa shape index (κ2) is 16.6. The lowest BCUT2D eigenvalue weighted by Crippen LogP contribution is -2.18. The summed E-state index contributed by atoms with van der Waals surface area (Å²) in [7, 11) is 0. The summed E-state index contributed by atoms with van der Waals surface area (Å²) < 4.78 is 0. The summed E-state index contributed by atoms with van der Waals surface area (Å²) in [5.74, 6) is 1.43. The van der Waals surface area contributed by atoms with Crippen LogP contribution in [0.15, 0.2) is 200 Å². The number of benzene rings is 8. The van der Waals surface area contributed by atoms with Crippen molar-refractivity contribution in [3.8, 4) is 11.1 Å². The first-order valence-electron chi connectivity index (χ1n) is 22.4. The Morgan fingerprint density at radius 2 is 0.806 bits per heavy atom. The molecule has 0 atom stereocenters. The summed E-state index contributed by atoms with van der Waals surface area (Å²) in [6.45, 7) is 9.44. The van der Waals surface area contributed by atoms with Crippen molar-refractivity contribution >= 4 is 51.2 Å². The molecule has 0 N–H and O–H groups in total. The lowest BCUT2D eigenvalue weighted by atomic mass is 9.79. The van der Waals surface area contributed by atoms with E-state index in [1.807, 2.05) is 0 Å². The molecular formula is C59H55N3. The summed E-state index contributed by atoms with van der Waals surface area (Å²) in [6, 6.07) is 73.7. The van der Waals surface area contributed by atoms with Crippen molar-refractivity contribution < 1.29 is 0 Å². The first-order valence-corrected chi connectivity index (χ1v) is 22.4. The number of rotatable bonds is 10. The number of anilines is 9. The predicted octanol–water partition coefficient (Wildman–Crippen LogP) is 17.0. The normalized spacial score (nSPS) is 16.3. The third-order valence-electron chi connectivity index (χ3n) is 13.5. The Labute approximate surface area is 368 Å². The van der Waals surface area contributed by atoms with Gasteiger partial charge in [0.15, 0.2) is 0 Å². The molecule has 1 saturated carbocycles. The van der Waals surface area contributed by atoms with Crippen molar-refractivity contribution in [1.82, 2.24) is 0 Å². The molecule has 0 heterocycles. The molecule has 3 nitrogen and oxygen atoms in total. The molecule has 8 aromatic rings. The van der Waals surface area contributed by atoms with Crippen LogP contribution in [0.5, 0.6) is 0 Å². The van der Waals surface area contributed by atoms with Crippen LogP contribution >= 0.6 is 0 Å².